The predicted octanol–water partition coefficient (Wildman–Crippen LogP) is 0.00710. The summed E-state index contributed by atoms with van der Waals surface area (Å²) in [6.07, 6.45) is 1.87. The third-order valence-electron chi connectivity index (χ3n) is 2.78. The Morgan fingerprint density at radius 3 is 2.78 bits per heavy atom. The average molecular weight is 270 g/mol. The second-order valence-electron chi connectivity index (χ2n) is 4.16. The Balaban J connectivity index is 1.99. The van der Waals surface area contributed by atoms with E-state index in [9.17, 15) is 13.2 Å². The molecule has 0 unspecified atom stereocenters. The SMILES string of the molecule is COc1ccc(C(=O)N[C@@H]2CCS(=O)(=O)C2)cn1. The molecule has 1 atom stereocenters. The van der Waals surface area contributed by atoms with Gasteiger partial charge in [0.05, 0.1) is 24.2 Å². The number of sulfone groups is 1. The van der Waals surface area contributed by atoms with E-state index >= 15 is 0 Å². The molecule has 1 amide bonds. The smallest absolute Gasteiger partial charge is 0.253 e. The fourth-order valence-corrected chi connectivity index (χ4v) is 3.49. The van der Waals surface area contributed by atoms with Gasteiger partial charge in [0, 0.05) is 18.3 Å². The molecular weight excluding hydrogens is 256 g/mol. The highest BCUT2D eigenvalue weighted by molar-refractivity contribution is 7.91. The van der Waals surface area contributed by atoms with Crippen molar-refractivity contribution in [1.82, 2.24) is 10.3 Å². The lowest BCUT2D eigenvalue weighted by Crippen LogP contribution is -2.35. The Morgan fingerprint density at radius 1 is 1.50 bits per heavy atom. The Kier molecular flexibility index (Phi) is 3.51. The highest BCUT2D eigenvalue weighted by atomic mass is 32.2. The number of aromatic nitrogens is 1. The number of amides is 1. The van der Waals surface area contributed by atoms with E-state index < -0.39 is 9.84 Å². The fraction of sp³-hybridized carbons (Fsp3) is 0.455. The number of rotatable bonds is 3. The summed E-state index contributed by atoms with van der Waals surface area (Å²) in [6, 6.07) is 2.87. The van der Waals surface area contributed by atoms with Gasteiger partial charge in [0.1, 0.15) is 0 Å². The fourth-order valence-electron chi connectivity index (χ4n) is 1.81. The van der Waals surface area contributed by atoms with Crippen molar-refractivity contribution in [2.75, 3.05) is 18.6 Å². The molecule has 1 aromatic heterocycles. The van der Waals surface area contributed by atoms with Crippen LogP contribution in [0.2, 0.25) is 0 Å². The molecule has 98 valence electrons. The van der Waals surface area contributed by atoms with Gasteiger partial charge in [0.25, 0.3) is 5.91 Å². The van der Waals surface area contributed by atoms with Gasteiger partial charge >= 0.3 is 0 Å². The van der Waals surface area contributed by atoms with E-state index in [1.54, 1.807) is 12.1 Å². The standard InChI is InChI=1S/C11H14N2O4S/c1-17-10-3-2-8(6-12-10)11(14)13-9-4-5-18(15,16)7-9/h2-3,6,9H,4-5,7H2,1H3,(H,13,14)/t9-/m1/s1. The number of pyridine rings is 1. The molecule has 1 N–H and O–H groups in total. The summed E-state index contributed by atoms with van der Waals surface area (Å²) in [6.45, 7) is 0. The molecule has 2 heterocycles. The zero-order valence-corrected chi connectivity index (χ0v) is 10.7. The van der Waals surface area contributed by atoms with Gasteiger partial charge in [-0.3, -0.25) is 4.79 Å². The minimum atomic E-state index is -2.98. The summed E-state index contributed by atoms with van der Waals surface area (Å²) in [7, 11) is -1.49. The molecule has 1 aromatic rings. The molecule has 0 saturated carbocycles. The van der Waals surface area contributed by atoms with Crippen molar-refractivity contribution in [3.63, 3.8) is 0 Å². The predicted molar refractivity (Wildman–Crippen MR) is 65.3 cm³/mol. The van der Waals surface area contributed by atoms with Crippen LogP contribution < -0.4 is 10.1 Å². The molecule has 0 radical (unpaired) electrons. The van der Waals surface area contributed by atoms with E-state index in [1.807, 2.05) is 0 Å². The Labute approximate surface area is 105 Å². The minimum Gasteiger partial charge on any atom is -0.481 e. The largest absolute Gasteiger partial charge is 0.481 e. The van der Waals surface area contributed by atoms with Crippen LogP contribution in [0.3, 0.4) is 0 Å². The van der Waals surface area contributed by atoms with Gasteiger partial charge in [-0.05, 0) is 12.5 Å². The number of hydrogen-bond acceptors (Lipinski definition) is 5. The molecule has 18 heavy (non-hydrogen) atoms. The van der Waals surface area contributed by atoms with Crippen LogP contribution in [0.1, 0.15) is 16.8 Å². The Hall–Kier alpha value is -1.63. The minimum absolute atomic E-state index is 0.0162. The van der Waals surface area contributed by atoms with Crippen LogP contribution in [0.15, 0.2) is 18.3 Å². The molecule has 0 aromatic carbocycles. The van der Waals surface area contributed by atoms with Crippen LogP contribution in [0.4, 0.5) is 0 Å². The van der Waals surface area contributed by atoms with E-state index in [1.165, 1.54) is 13.3 Å². The number of carbonyl (C=O) groups excluding carboxylic acids is 1. The first-order chi connectivity index (χ1) is 8.50. The van der Waals surface area contributed by atoms with Crippen LogP contribution in [0.5, 0.6) is 5.88 Å². The third kappa shape index (κ3) is 2.98. The number of nitrogens with zero attached hydrogens (tertiary/aromatic N) is 1. The maximum atomic E-state index is 11.8. The quantitative estimate of drug-likeness (QED) is 0.836. The lowest BCUT2D eigenvalue weighted by Gasteiger charge is -2.10. The Bertz CT molecular complexity index is 539. The maximum absolute atomic E-state index is 11.8. The van der Waals surface area contributed by atoms with E-state index in [4.69, 9.17) is 4.74 Å². The maximum Gasteiger partial charge on any atom is 0.253 e. The van der Waals surface area contributed by atoms with Crippen LogP contribution in [0, 0.1) is 0 Å². The first kappa shape index (κ1) is 12.8. The van der Waals surface area contributed by atoms with E-state index in [0.29, 0.717) is 17.9 Å². The van der Waals surface area contributed by atoms with Gasteiger partial charge in [-0.1, -0.05) is 0 Å². The molecule has 1 aliphatic rings. The summed E-state index contributed by atoms with van der Waals surface area (Å²) >= 11 is 0. The molecule has 7 heteroatoms. The highest BCUT2D eigenvalue weighted by Gasteiger charge is 2.29. The first-order valence-electron chi connectivity index (χ1n) is 5.51. The number of ether oxygens (including phenoxy) is 1. The topological polar surface area (TPSA) is 85.4 Å². The summed E-state index contributed by atoms with van der Waals surface area (Å²) in [5.74, 6) is 0.267. The average Bonchev–Trinajstić information content (AvgIpc) is 2.68. The van der Waals surface area contributed by atoms with Gasteiger partial charge in [-0.25, -0.2) is 13.4 Å². The van der Waals surface area contributed by atoms with Crippen LogP contribution in [-0.2, 0) is 9.84 Å². The summed E-state index contributed by atoms with van der Waals surface area (Å²) in [5.41, 5.74) is 0.389. The van der Waals surface area contributed by atoms with Gasteiger partial charge in [-0.2, -0.15) is 0 Å². The van der Waals surface area contributed by atoms with Crippen LogP contribution in [-0.4, -0.2) is 44.0 Å². The summed E-state index contributed by atoms with van der Waals surface area (Å²) < 4.78 is 27.4. The number of hydrogen-bond donors (Lipinski definition) is 1. The molecule has 0 spiro atoms. The highest BCUT2D eigenvalue weighted by Crippen LogP contribution is 2.12. The van der Waals surface area contributed by atoms with Crippen molar-refractivity contribution in [1.29, 1.82) is 0 Å². The van der Waals surface area contributed by atoms with E-state index in [2.05, 4.69) is 10.3 Å². The summed E-state index contributed by atoms with van der Waals surface area (Å²) in [5, 5.41) is 2.69. The monoisotopic (exact) mass is 270 g/mol. The van der Waals surface area contributed by atoms with Gasteiger partial charge in [-0.15, -0.1) is 0 Å². The Morgan fingerprint density at radius 2 is 2.28 bits per heavy atom. The van der Waals surface area contributed by atoms with Gasteiger partial charge in [0.2, 0.25) is 5.88 Å². The molecule has 0 bridgehead atoms. The van der Waals surface area contributed by atoms with Gasteiger partial charge < -0.3 is 10.1 Å². The van der Waals surface area contributed by atoms with Crippen LogP contribution >= 0.6 is 0 Å². The molecule has 0 aliphatic carbocycles. The second kappa shape index (κ2) is 4.93. The normalized spacial score (nSPS) is 21.5. The van der Waals surface area contributed by atoms with E-state index in [-0.39, 0.29) is 23.5 Å². The second-order valence-corrected chi connectivity index (χ2v) is 6.39. The number of nitrogens with one attached hydrogen (secondary N) is 1. The summed E-state index contributed by atoms with van der Waals surface area (Å²) in [4.78, 5) is 15.7. The zero-order chi connectivity index (χ0) is 13.2. The molecule has 1 fully saturated rings. The van der Waals surface area contributed by atoms with Gasteiger partial charge in [0.15, 0.2) is 9.84 Å². The van der Waals surface area contributed by atoms with Crippen molar-refractivity contribution < 1.29 is 17.9 Å². The molecule has 1 saturated heterocycles. The molecule has 1 aliphatic heterocycles. The number of carbonyl (C=O) groups is 1. The van der Waals surface area contributed by atoms with Crippen molar-refractivity contribution >= 4 is 15.7 Å². The zero-order valence-electron chi connectivity index (χ0n) is 9.92. The lowest BCUT2D eigenvalue weighted by atomic mass is 10.2. The van der Waals surface area contributed by atoms with E-state index in [0.717, 1.165) is 0 Å². The van der Waals surface area contributed by atoms with Crippen molar-refractivity contribution in [3.8, 4) is 5.88 Å². The number of methoxy groups -OCH3 is 1. The lowest BCUT2D eigenvalue weighted by molar-refractivity contribution is 0.0940. The van der Waals surface area contributed by atoms with Crippen molar-refractivity contribution in [2.45, 2.75) is 12.5 Å². The van der Waals surface area contributed by atoms with Crippen molar-refractivity contribution in [3.05, 3.63) is 23.9 Å². The molecule has 2 rings (SSSR count). The third-order valence-corrected chi connectivity index (χ3v) is 4.54. The molecular formula is C11H14N2O4S. The first-order valence-corrected chi connectivity index (χ1v) is 7.33. The van der Waals surface area contributed by atoms with Crippen molar-refractivity contribution in [2.24, 2.45) is 0 Å². The molecule has 6 nitrogen and oxygen atoms in total. The van der Waals surface area contributed by atoms with Crippen LogP contribution in [0.25, 0.3) is 0 Å².